The SMILES string of the molecule is Cc1ccc(F)cc1C1=CC(=O)CC1. The Morgan fingerprint density at radius 1 is 1.29 bits per heavy atom. The van der Waals surface area contributed by atoms with E-state index in [0.717, 1.165) is 23.1 Å². The summed E-state index contributed by atoms with van der Waals surface area (Å²) < 4.78 is 13.0. The standard InChI is InChI=1S/C12H11FO/c1-8-2-4-10(13)7-12(8)9-3-5-11(14)6-9/h2,4,6-7H,3,5H2,1H3. The Bertz CT molecular complexity index is 418. The Kier molecular flexibility index (Phi) is 2.20. The van der Waals surface area contributed by atoms with Crippen molar-refractivity contribution in [3.63, 3.8) is 0 Å². The molecule has 72 valence electrons. The zero-order valence-electron chi connectivity index (χ0n) is 8.01. The van der Waals surface area contributed by atoms with Gasteiger partial charge in [-0.2, -0.15) is 0 Å². The van der Waals surface area contributed by atoms with Crippen LogP contribution in [0.15, 0.2) is 24.3 Å². The summed E-state index contributed by atoms with van der Waals surface area (Å²) in [5.41, 5.74) is 2.86. The van der Waals surface area contributed by atoms with E-state index in [9.17, 15) is 9.18 Å². The second-order valence-electron chi connectivity index (χ2n) is 3.60. The van der Waals surface area contributed by atoms with E-state index >= 15 is 0 Å². The molecule has 0 bridgehead atoms. The van der Waals surface area contributed by atoms with Crippen molar-refractivity contribution in [1.29, 1.82) is 0 Å². The van der Waals surface area contributed by atoms with Crippen molar-refractivity contribution in [2.24, 2.45) is 0 Å². The third-order valence-electron chi connectivity index (χ3n) is 2.52. The van der Waals surface area contributed by atoms with Gasteiger partial charge in [0.1, 0.15) is 5.82 Å². The third-order valence-corrected chi connectivity index (χ3v) is 2.52. The number of aryl methyl sites for hydroxylation is 1. The number of rotatable bonds is 1. The number of benzene rings is 1. The number of halogens is 1. The summed E-state index contributed by atoms with van der Waals surface area (Å²) in [5.74, 6) is -0.102. The van der Waals surface area contributed by atoms with Crippen LogP contribution >= 0.6 is 0 Å². The van der Waals surface area contributed by atoms with Crippen LogP contribution in [0.2, 0.25) is 0 Å². The van der Waals surface area contributed by atoms with Crippen LogP contribution in [-0.4, -0.2) is 5.78 Å². The molecule has 0 fully saturated rings. The molecule has 1 aliphatic rings. The topological polar surface area (TPSA) is 17.1 Å². The van der Waals surface area contributed by atoms with E-state index in [4.69, 9.17) is 0 Å². The molecule has 0 N–H and O–H groups in total. The average molecular weight is 190 g/mol. The molecule has 1 aromatic carbocycles. The van der Waals surface area contributed by atoms with Gasteiger partial charge in [-0.3, -0.25) is 4.79 Å². The molecule has 1 nitrogen and oxygen atoms in total. The minimum Gasteiger partial charge on any atom is -0.295 e. The van der Waals surface area contributed by atoms with Gasteiger partial charge in [-0.1, -0.05) is 6.07 Å². The Morgan fingerprint density at radius 2 is 2.07 bits per heavy atom. The molecule has 14 heavy (non-hydrogen) atoms. The van der Waals surface area contributed by atoms with Crippen LogP contribution in [0, 0.1) is 12.7 Å². The fraction of sp³-hybridized carbons (Fsp3) is 0.250. The van der Waals surface area contributed by atoms with Crippen molar-refractivity contribution in [3.05, 3.63) is 41.2 Å². The van der Waals surface area contributed by atoms with Crippen LogP contribution in [0.4, 0.5) is 4.39 Å². The molecule has 0 heterocycles. The Morgan fingerprint density at radius 3 is 2.71 bits per heavy atom. The number of ketones is 1. The molecule has 2 heteroatoms. The van der Waals surface area contributed by atoms with Crippen molar-refractivity contribution >= 4 is 11.4 Å². The lowest BCUT2D eigenvalue weighted by Crippen LogP contribution is -1.88. The number of hydrogen-bond acceptors (Lipinski definition) is 1. The highest BCUT2D eigenvalue weighted by Crippen LogP contribution is 2.28. The minimum atomic E-state index is -0.245. The summed E-state index contributed by atoms with van der Waals surface area (Å²) >= 11 is 0. The van der Waals surface area contributed by atoms with Crippen molar-refractivity contribution in [2.75, 3.05) is 0 Å². The number of allylic oxidation sites excluding steroid dienone is 2. The molecule has 0 saturated carbocycles. The first-order chi connectivity index (χ1) is 6.66. The van der Waals surface area contributed by atoms with Gasteiger partial charge in [0, 0.05) is 6.42 Å². The quantitative estimate of drug-likeness (QED) is 0.665. The van der Waals surface area contributed by atoms with Crippen molar-refractivity contribution in [1.82, 2.24) is 0 Å². The maximum atomic E-state index is 13.0. The van der Waals surface area contributed by atoms with E-state index in [1.54, 1.807) is 12.1 Å². The van der Waals surface area contributed by atoms with Crippen molar-refractivity contribution < 1.29 is 9.18 Å². The largest absolute Gasteiger partial charge is 0.295 e. The third kappa shape index (κ3) is 1.60. The lowest BCUT2D eigenvalue weighted by Gasteiger charge is -2.05. The van der Waals surface area contributed by atoms with E-state index in [2.05, 4.69) is 0 Å². The molecule has 0 aromatic heterocycles. The minimum absolute atomic E-state index is 0.142. The molecular formula is C12H11FO. The van der Waals surface area contributed by atoms with Crippen LogP contribution in [0.25, 0.3) is 5.57 Å². The number of carbonyl (C=O) groups excluding carboxylic acids is 1. The molecule has 0 radical (unpaired) electrons. The molecule has 2 rings (SSSR count). The molecule has 1 aromatic rings. The van der Waals surface area contributed by atoms with Crippen LogP contribution in [-0.2, 0) is 4.79 Å². The average Bonchev–Trinajstić information content (AvgIpc) is 2.56. The first-order valence-electron chi connectivity index (χ1n) is 4.67. The molecule has 1 aliphatic carbocycles. The zero-order valence-corrected chi connectivity index (χ0v) is 8.01. The van der Waals surface area contributed by atoms with Crippen LogP contribution in [0.1, 0.15) is 24.0 Å². The smallest absolute Gasteiger partial charge is 0.156 e. The first-order valence-corrected chi connectivity index (χ1v) is 4.67. The van der Waals surface area contributed by atoms with Gasteiger partial charge in [0.2, 0.25) is 0 Å². The van der Waals surface area contributed by atoms with Gasteiger partial charge in [0.05, 0.1) is 0 Å². The van der Waals surface area contributed by atoms with E-state index in [1.165, 1.54) is 12.1 Å². The van der Waals surface area contributed by atoms with Crippen LogP contribution < -0.4 is 0 Å². The predicted molar refractivity (Wildman–Crippen MR) is 53.4 cm³/mol. The Balaban J connectivity index is 2.46. The van der Waals surface area contributed by atoms with Gasteiger partial charge in [0.25, 0.3) is 0 Å². The molecule has 0 amide bonds. The van der Waals surface area contributed by atoms with E-state index in [-0.39, 0.29) is 11.6 Å². The molecular weight excluding hydrogens is 179 g/mol. The van der Waals surface area contributed by atoms with E-state index in [0.29, 0.717) is 6.42 Å². The first kappa shape index (κ1) is 9.13. The Labute approximate surface area is 82.3 Å². The highest BCUT2D eigenvalue weighted by molar-refractivity contribution is 6.01. The second-order valence-corrected chi connectivity index (χ2v) is 3.60. The number of carbonyl (C=O) groups is 1. The summed E-state index contributed by atoms with van der Waals surface area (Å²) in [7, 11) is 0. The van der Waals surface area contributed by atoms with Crippen molar-refractivity contribution in [3.8, 4) is 0 Å². The normalized spacial score (nSPS) is 15.9. The summed E-state index contributed by atoms with van der Waals surface area (Å²) in [5, 5.41) is 0. The highest BCUT2D eigenvalue weighted by atomic mass is 19.1. The molecule has 0 atom stereocenters. The summed E-state index contributed by atoms with van der Waals surface area (Å²) in [6.45, 7) is 1.93. The van der Waals surface area contributed by atoms with Gasteiger partial charge < -0.3 is 0 Å². The van der Waals surface area contributed by atoms with Crippen LogP contribution in [0.3, 0.4) is 0 Å². The van der Waals surface area contributed by atoms with Crippen LogP contribution in [0.5, 0.6) is 0 Å². The number of hydrogen-bond donors (Lipinski definition) is 0. The second kappa shape index (κ2) is 3.37. The van der Waals surface area contributed by atoms with Gasteiger partial charge in [-0.05, 0) is 48.3 Å². The van der Waals surface area contributed by atoms with E-state index < -0.39 is 0 Å². The lowest BCUT2D eigenvalue weighted by atomic mass is 10.0. The fourth-order valence-corrected chi connectivity index (χ4v) is 1.75. The van der Waals surface area contributed by atoms with Gasteiger partial charge in [-0.25, -0.2) is 4.39 Å². The lowest BCUT2D eigenvalue weighted by molar-refractivity contribution is -0.114. The Hall–Kier alpha value is -1.44. The molecule has 0 aliphatic heterocycles. The summed E-state index contributed by atoms with van der Waals surface area (Å²) in [4.78, 5) is 11.1. The maximum Gasteiger partial charge on any atom is 0.156 e. The van der Waals surface area contributed by atoms with Crippen molar-refractivity contribution in [2.45, 2.75) is 19.8 Å². The summed E-state index contributed by atoms with van der Waals surface area (Å²) in [6.07, 6.45) is 2.93. The van der Waals surface area contributed by atoms with Gasteiger partial charge >= 0.3 is 0 Å². The zero-order chi connectivity index (χ0) is 10.1. The molecule has 0 saturated heterocycles. The van der Waals surface area contributed by atoms with E-state index in [1.807, 2.05) is 6.92 Å². The fourth-order valence-electron chi connectivity index (χ4n) is 1.75. The predicted octanol–water partition coefficient (Wildman–Crippen LogP) is 2.88. The van der Waals surface area contributed by atoms with Gasteiger partial charge in [0.15, 0.2) is 5.78 Å². The molecule has 0 spiro atoms. The maximum absolute atomic E-state index is 13.0. The van der Waals surface area contributed by atoms with Gasteiger partial charge in [-0.15, -0.1) is 0 Å². The summed E-state index contributed by atoms with van der Waals surface area (Å²) in [6, 6.07) is 4.68. The highest BCUT2D eigenvalue weighted by Gasteiger charge is 2.15. The monoisotopic (exact) mass is 190 g/mol. The molecule has 0 unspecified atom stereocenters.